The Morgan fingerprint density at radius 2 is 1.89 bits per heavy atom. The Labute approximate surface area is 113 Å². The van der Waals surface area contributed by atoms with Gasteiger partial charge in [-0.25, -0.2) is 4.79 Å². The van der Waals surface area contributed by atoms with Crippen molar-refractivity contribution in [2.45, 2.75) is 51.0 Å². The van der Waals surface area contributed by atoms with Gasteiger partial charge in [0, 0.05) is 13.1 Å². The summed E-state index contributed by atoms with van der Waals surface area (Å²) in [7, 11) is 0. The van der Waals surface area contributed by atoms with Crippen LogP contribution in [0.1, 0.15) is 45.4 Å². The van der Waals surface area contributed by atoms with E-state index in [0.29, 0.717) is 19.4 Å². The minimum absolute atomic E-state index is 0.0299. The molecule has 3 N–H and O–H groups in total. The summed E-state index contributed by atoms with van der Waals surface area (Å²) >= 11 is 0. The first-order valence-corrected chi connectivity index (χ1v) is 6.93. The molecular formula is C13H24N2O4. The van der Waals surface area contributed by atoms with Gasteiger partial charge in [0.2, 0.25) is 0 Å². The summed E-state index contributed by atoms with van der Waals surface area (Å²) in [6.07, 6.45) is 4.09. The van der Waals surface area contributed by atoms with Gasteiger partial charge in [0.05, 0.1) is 18.6 Å². The molecule has 19 heavy (non-hydrogen) atoms. The van der Waals surface area contributed by atoms with Crippen molar-refractivity contribution in [3.05, 3.63) is 0 Å². The van der Waals surface area contributed by atoms with Crippen molar-refractivity contribution in [2.75, 3.05) is 19.7 Å². The van der Waals surface area contributed by atoms with Gasteiger partial charge in [-0.1, -0.05) is 19.8 Å². The van der Waals surface area contributed by atoms with Crippen LogP contribution in [0.2, 0.25) is 0 Å². The number of rotatable bonds is 7. The molecule has 0 radical (unpaired) electrons. The molecule has 0 atom stereocenters. The third kappa shape index (κ3) is 4.70. The van der Waals surface area contributed by atoms with Crippen molar-refractivity contribution in [1.29, 1.82) is 0 Å². The van der Waals surface area contributed by atoms with Crippen LogP contribution >= 0.6 is 0 Å². The predicted molar refractivity (Wildman–Crippen MR) is 70.9 cm³/mol. The molecule has 0 aromatic rings. The molecule has 1 saturated carbocycles. The van der Waals surface area contributed by atoms with Crippen LogP contribution in [0.5, 0.6) is 0 Å². The molecule has 1 aliphatic carbocycles. The number of carboxylic acid groups (broad SMARTS) is 1. The number of hydrogen-bond acceptors (Lipinski definition) is 3. The van der Waals surface area contributed by atoms with Crippen LogP contribution in [-0.4, -0.2) is 52.3 Å². The lowest BCUT2D eigenvalue weighted by Crippen LogP contribution is -2.53. The lowest BCUT2D eigenvalue weighted by Gasteiger charge is -2.32. The van der Waals surface area contributed by atoms with Crippen LogP contribution in [-0.2, 0) is 4.79 Å². The van der Waals surface area contributed by atoms with E-state index in [1.807, 2.05) is 6.92 Å². The molecule has 1 aliphatic rings. The molecular weight excluding hydrogens is 248 g/mol. The van der Waals surface area contributed by atoms with Crippen molar-refractivity contribution < 1.29 is 19.8 Å². The van der Waals surface area contributed by atoms with Gasteiger partial charge in [0.1, 0.15) is 0 Å². The number of urea groups is 1. The molecule has 0 aromatic heterocycles. The van der Waals surface area contributed by atoms with Crippen molar-refractivity contribution in [1.82, 2.24) is 10.2 Å². The van der Waals surface area contributed by atoms with Gasteiger partial charge in [0.15, 0.2) is 0 Å². The first-order chi connectivity index (χ1) is 9.03. The maximum Gasteiger partial charge on any atom is 0.317 e. The monoisotopic (exact) mass is 272 g/mol. The Balaban J connectivity index is 2.66. The highest BCUT2D eigenvalue weighted by molar-refractivity contribution is 5.77. The third-order valence-corrected chi connectivity index (χ3v) is 3.57. The van der Waals surface area contributed by atoms with Crippen LogP contribution < -0.4 is 5.32 Å². The molecule has 0 aromatic carbocycles. The Morgan fingerprint density at radius 3 is 2.37 bits per heavy atom. The molecule has 0 spiro atoms. The Kier molecular flexibility index (Phi) is 6.08. The molecule has 0 unspecified atom stereocenters. The molecule has 0 heterocycles. The van der Waals surface area contributed by atoms with Crippen LogP contribution in [0.15, 0.2) is 0 Å². The normalized spacial score (nSPS) is 17.2. The lowest BCUT2D eigenvalue weighted by molar-refractivity contribution is -0.138. The van der Waals surface area contributed by atoms with Gasteiger partial charge < -0.3 is 20.4 Å². The predicted octanol–water partition coefficient (Wildman–Crippen LogP) is 1.19. The average molecular weight is 272 g/mol. The van der Waals surface area contributed by atoms with Crippen molar-refractivity contribution in [3.63, 3.8) is 0 Å². The second-order valence-electron chi connectivity index (χ2n) is 5.20. The number of aliphatic hydroxyl groups excluding tert-OH is 1. The van der Waals surface area contributed by atoms with E-state index in [4.69, 9.17) is 10.2 Å². The standard InChI is InChI=1S/C13H24N2O4/c1-2-7-15(8-9-16)12(19)14-13(10-11(17)18)5-3-4-6-13/h16H,2-10H2,1H3,(H,14,19)(H,17,18). The van der Waals surface area contributed by atoms with E-state index >= 15 is 0 Å². The number of aliphatic hydroxyl groups is 1. The topological polar surface area (TPSA) is 89.9 Å². The first kappa shape index (κ1) is 15.8. The minimum Gasteiger partial charge on any atom is -0.481 e. The fraction of sp³-hybridized carbons (Fsp3) is 0.846. The molecule has 1 fully saturated rings. The Morgan fingerprint density at radius 1 is 1.26 bits per heavy atom. The van der Waals surface area contributed by atoms with E-state index in [1.54, 1.807) is 4.90 Å². The number of carbonyl (C=O) groups excluding carboxylic acids is 1. The summed E-state index contributed by atoms with van der Waals surface area (Å²) < 4.78 is 0. The fourth-order valence-electron chi connectivity index (χ4n) is 2.70. The van der Waals surface area contributed by atoms with Crippen LogP contribution in [0.3, 0.4) is 0 Å². The Hall–Kier alpha value is -1.30. The molecule has 2 amide bonds. The number of carboxylic acids is 1. The summed E-state index contributed by atoms with van der Waals surface area (Å²) in [5, 5.41) is 20.8. The number of carbonyl (C=O) groups is 2. The quantitative estimate of drug-likeness (QED) is 0.649. The van der Waals surface area contributed by atoms with E-state index in [9.17, 15) is 9.59 Å². The highest BCUT2D eigenvalue weighted by atomic mass is 16.4. The van der Waals surface area contributed by atoms with E-state index in [-0.39, 0.29) is 25.6 Å². The maximum absolute atomic E-state index is 12.2. The number of hydrogen-bond donors (Lipinski definition) is 3. The number of nitrogens with one attached hydrogen (secondary N) is 1. The zero-order valence-electron chi connectivity index (χ0n) is 11.5. The van der Waals surface area contributed by atoms with Gasteiger partial charge in [-0.3, -0.25) is 4.79 Å². The van der Waals surface area contributed by atoms with Gasteiger partial charge in [-0.15, -0.1) is 0 Å². The van der Waals surface area contributed by atoms with Crippen LogP contribution in [0, 0.1) is 0 Å². The molecule has 110 valence electrons. The number of nitrogens with zero attached hydrogens (tertiary/aromatic N) is 1. The highest BCUT2D eigenvalue weighted by Gasteiger charge is 2.38. The smallest absolute Gasteiger partial charge is 0.317 e. The third-order valence-electron chi connectivity index (χ3n) is 3.57. The van der Waals surface area contributed by atoms with E-state index in [2.05, 4.69) is 5.32 Å². The number of amides is 2. The van der Waals surface area contributed by atoms with Crippen molar-refractivity contribution >= 4 is 12.0 Å². The summed E-state index contributed by atoms with van der Waals surface area (Å²) in [5.74, 6) is -0.883. The summed E-state index contributed by atoms with van der Waals surface area (Å²) in [6, 6.07) is -0.265. The molecule has 0 aliphatic heterocycles. The first-order valence-electron chi connectivity index (χ1n) is 6.93. The molecule has 0 bridgehead atoms. The SMILES string of the molecule is CCCN(CCO)C(=O)NC1(CC(=O)O)CCCC1. The lowest BCUT2D eigenvalue weighted by atomic mass is 9.93. The van der Waals surface area contributed by atoms with E-state index < -0.39 is 11.5 Å². The highest BCUT2D eigenvalue weighted by Crippen LogP contribution is 2.32. The van der Waals surface area contributed by atoms with Crippen LogP contribution in [0.25, 0.3) is 0 Å². The summed E-state index contributed by atoms with van der Waals surface area (Å²) in [5.41, 5.74) is -0.607. The van der Waals surface area contributed by atoms with Gasteiger partial charge in [0.25, 0.3) is 0 Å². The van der Waals surface area contributed by atoms with E-state index in [0.717, 1.165) is 19.3 Å². The van der Waals surface area contributed by atoms with Gasteiger partial charge in [-0.2, -0.15) is 0 Å². The summed E-state index contributed by atoms with van der Waals surface area (Å²) in [6.45, 7) is 2.72. The van der Waals surface area contributed by atoms with Crippen molar-refractivity contribution in [2.24, 2.45) is 0 Å². The zero-order chi connectivity index (χ0) is 14.3. The molecule has 1 rings (SSSR count). The molecule has 6 nitrogen and oxygen atoms in total. The van der Waals surface area contributed by atoms with Crippen LogP contribution in [0.4, 0.5) is 4.79 Å². The zero-order valence-corrected chi connectivity index (χ0v) is 11.5. The Bertz CT molecular complexity index is 308. The van der Waals surface area contributed by atoms with Gasteiger partial charge in [-0.05, 0) is 19.3 Å². The fourth-order valence-corrected chi connectivity index (χ4v) is 2.70. The molecule has 6 heteroatoms. The average Bonchev–Trinajstić information content (AvgIpc) is 2.76. The number of aliphatic carboxylic acids is 1. The molecule has 0 saturated heterocycles. The van der Waals surface area contributed by atoms with E-state index in [1.165, 1.54) is 0 Å². The van der Waals surface area contributed by atoms with Gasteiger partial charge >= 0.3 is 12.0 Å². The minimum atomic E-state index is -0.883. The van der Waals surface area contributed by atoms with Crippen molar-refractivity contribution in [3.8, 4) is 0 Å². The largest absolute Gasteiger partial charge is 0.481 e. The second kappa shape index (κ2) is 7.33. The summed E-state index contributed by atoms with van der Waals surface area (Å²) in [4.78, 5) is 24.7. The second-order valence-corrected chi connectivity index (χ2v) is 5.20. The maximum atomic E-state index is 12.2.